The third kappa shape index (κ3) is 3.56. The fourth-order valence-electron chi connectivity index (χ4n) is 1.59. The minimum atomic E-state index is 1.08. The summed E-state index contributed by atoms with van der Waals surface area (Å²) in [4.78, 5) is 4.65. The number of anilines is 1. The van der Waals surface area contributed by atoms with Gasteiger partial charge >= 0.3 is 0 Å². The van der Waals surface area contributed by atoms with E-state index in [9.17, 15) is 0 Å². The van der Waals surface area contributed by atoms with Gasteiger partial charge in [0.25, 0.3) is 0 Å². The summed E-state index contributed by atoms with van der Waals surface area (Å²) in [7, 11) is 4.32. The Hall–Kier alpha value is -1.02. The predicted molar refractivity (Wildman–Crippen MR) is 67.6 cm³/mol. The Bertz CT molecular complexity index is 296. The monoisotopic (exact) mass is 206 g/mol. The molecule has 1 rings (SSSR count). The fourth-order valence-corrected chi connectivity index (χ4v) is 1.59. The van der Waals surface area contributed by atoms with Crippen molar-refractivity contribution in [3.63, 3.8) is 0 Å². The van der Waals surface area contributed by atoms with Crippen molar-refractivity contribution in [3.8, 4) is 0 Å². The molecule has 84 valence electrons. The maximum atomic E-state index is 2.33. The number of aryl methyl sites for hydroxylation is 1. The van der Waals surface area contributed by atoms with Crippen LogP contribution >= 0.6 is 0 Å². The summed E-state index contributed by atoms with van der Waals surface area (Å²) >= 11 is 0. The summed E-state index contributed by atoms with van der Waals surface area (Å²) in [5, 5.41) is 0. The molecule has 0 aromatic heterocycles. The van der Waals surface area contributed by atoms with Crippen LogP contribution in [0.2, 0.25) is 0 Å². The Labute approximate surface area is 93.5 Å². The highest BCUT2D eigenvalue weighted by Gasteiger charge is 2.03. The Balaban J connectivity index is 2.54. The summed E-state index contributed by atoms with van der Waals surface area (Å²) in [6, 6.07) is 8.53. The molecule has 0 aliphatic heterocycles. The molecule has 15 heavy (non-hydrogen) atoms. The van der Waals surface area contributed by atoms with E-state index in [1.165, 1.54) is 11.3 Å². The highest BCUT2D eigenvalue weighted by molar-refractivity contribution is 5.52. The van der Waals surface area contributed by atoms with Crippen molar-refractivity contribution >= 4 is 5.69 Å². The average molecular weight is 206 g/mol. The van der Waals surface area contributed by atoms with Gasteiger partial charge in [0.15, 0.2) is 0 Å². The van der Waals surface area contributed by atoms with E-state index in [2.05, 4.69) is 62.0 Å². The summed E-state index contributed by atoms with van der Waals surface area (Å²) in [6.07, 6.45) is 0. The van der Waals surface area contributed by atoms with E-state index in [0.717, 1.165) is 19.6 Å². The maximum Gasteiger partial charge on any atom is 0.0393 e. The molecule has 0 radical (unpaired) electrons. The van der Waals surface area contributed by atoms with Gasteiger partial charge in [-0.2, -0.15) is 0 Å². The van der Waals surface area contributed by atoms with Gasteiger partial charge in [-0.1, -0.05) is 25.1 Å². The molecule has 1 aromatic carbocycles. The van der Waals surface area contributed by atoms with Gasteiger partial charge in [0.2, 0.25) is 0 Å². The lowest BCUT2D eigenvalue weighted by molar-refractivity contribution is 0.360. The first-order chi connectivity index (χ1) is 7.15. The van der Waals surface area contributed by atoms with E-state index in [-0.39, 0.29) is 0 Å². The predicted octanol–water partition coefficient (Wildman–Crippen LogP) is 2.38. The maximum absolute atomic E-state index is 2.33. The molecule has 0 heterocycles. The van der Waals surface area contributed by atoms with Crippen LogP contribution in [0, 0.1) is 6.92 Å². The highest BCUT2D eigenvalue weighted by atomic mass is 15.2. The van der Waals surface area contributed by atoms with Crippen LogP contribution in [0.15, 0.2) is 24.3 Å². The van der Waals surface area contributed by atoms with Crippen molar-refractivity contribution < 1.29 is 0 Å². The fraction of sp³-hybridized carbons (Fsp3) is 0.538. The smallest absolute Gasteiger partial charge is 0.0393 e. The second-order valence-corrected chi connectivity index (χ2v) is 4.10. The summed E-state index contributed by atoms with van der Waals surface area (Å²) in [5.41, 5.74) is 2.68. The van der Waals surface area contributed by atoms with Crippen molar-refractivity contribution in [3.05, 3.63) is 29.8 Å². The minimum absolute atomic E-state index is 1.08. The number of hydrogen-bond acceptors (Lipinski definition) is 2. The molecule has 0 N–H and O–H groups in total. The normalized spacial score (nSPS) is 10.7. The molecule has 0 aliphatic carbocycles. The molecule has 0 saturated heterocycles. The molecule has 0 saturated carbocycles. The topological polar surface area (TPSA) is 6.48 Å². The van der Waals surface area contributed by atoms with Gasteiger partial charge < -0.3 is 9.80 Å². The summed E-state index contributed by atoms with van der Waals surface area (Å²) < 4.78 is 0. The Morgan fingerprint density at radius 2 is 1.73 bits per heavy atom. The lowest BCUT2D eigenvalue weighted by atomic mass is 10.2. The van der Waals surface area contributed by atoms with Gasteiger partial charge in [0, 0.05) is 25.8 Å². The van der Waals surface area contributed by atoms with Gasteiger partial charge in [0.1, 0.15) is 0 Å². The molecule has 2 heteroatoms. The number of para-hydroxylation sites is 1. The second kappa shape index (κ2) is 5.76. The van der Waals surface area contributed by atoms with Crippen molar-refractivity contribution in [1.29, 1.82) is 0 Å². The highest BCUT2D eigenvalue weighted by Crippen LogP contribution is 2.17. The quantitative estimate of drug-likeness (QED) is 0.730. The Morgan fingerprint density at radius 1 is 1.07 bits per heavy atom. The van der Waals surface area contributed by atoms with E-state index in [0.29, 0.717) is 0 Å². The van der Waals surface area contributed by atoms with Crippen LogP contribution in [0.4, 0.5) is 5.69 Å². The van der Waals surface area contributed by atoms with Gasteiger partial charge in [-0.3, -0.25) is 0 Å². The third-order valence-electron chi connectivity index (χ3n) is 2.88. The van der Waals surface area contributed by atoms with Crippen LogP contribution in [0.1, 0.15) is 12.5 Å². The lowest BCUT2D eigenvalue weighted by Crippen LogP contribution is -2.30. The molecule has 0 atom stereocenters. The molecule has 0 aliphatic rings. The van der Waals surface area contributed by atoms with E-state index in [1.807, 2.05) is 0 Å². The number of likely N-dealkylation sites (N-methyl/N-ethyl adjacent to an activating group) is 2. The third-order valence-corrected chi connectivity index (χ3v) is 2.88. The van der Waals surface area contributed by atoms with Crippen molar-refractivity contribution in [2.75, 3.05) is 38.6 Å². The minimum Gasteiger partial charge on any atom is -0.373 e. The second-order valence-electron chi connectivity index (χ2n) is 4.10. The van der Waals surface area contributed by atoms with Crippen molar-refractivity contribution in [2.24, 2.45) is 0 Å². The largest absolute Gasteiger partial charge is 0.373 e. The molecule has 2 nitrogen and oxygen atoms in total. The van der Waals surface area contributed by atoms with Crippen molar-refractivity contribution in [1.82, 2.24) is 4.90 Å². The number of benzene rings is 1. The number of rotatable bonds is 5. The first-order valence-electron chi connectivity index (χ1n) is 5.60. The van der Waals surface area contributed by atoms with Gasteiger partial charge in [-0.25, -0.2) is 0 Å². The molecule has 0 bridgehead atoms. The molecular formula is C13H22N2. The molecule has 0 spiro atoms. The zero-order chi connectivity index (χ0) is 11.3. The Morgan fingerprint density at radius 3 is 2.33 bits per heavy atom. The van der Waals surface area contributed by atoms with E-state index in [4.69, 9.17) is 0 Å². The van der Waals surface area contributed by atoms with E-state index < -0.39 is 0 Å². The number of nitrogens with zero attached hydrogens (tertiary/aromatic N) is 2. The SMILES string of the molecule is CCN(C)CCN(C)c1ccccc1C. The number of hydrogen-bond donors (Lipinski definition) is 0. The lowest BCUT2D eigenvalue weighted by Gasteiger charge is -2.24. The van der Waals surface area contributed by atoms with Gasteiger partial charge in [0.05, 0.1) is 0 Å². The first kappa shape index (κ1) is 12.1. The van der Waals surface area contributed by atoms with Gasteiger partial charge in [-0.05, 0) is 32.1 Å². The summed E-state index contributed by atoms with van der Waals surface area (Å²) in [6.45, 7) is 7.65. The first-order valence-corrected chi connectivity index (χ1v) is 5.60. The standard InChI is InChI=1S/C13H22N2/c1-5-14(3)10-11-15(4)13-9-7-6-8-12(13)2/h6-9H,5,10-11H2,1-4H3. The Kier molecular flexibility index (Phi) is 4.63. The van der Waals surface area contributed by atoms with Crippen LogP contribution in [-0.4, -0.2) is 38.6 Å². The van der Waals surface area contributed by atoms with Crippen LogP contribution < -0.4 is 4.90 Å². The van der Waals surface area contributed by atoms with Crippen LogP contribution in [-0.2, 0) is 0 Å². The van der Waals surface area contributed by atoms with Crippen LogP contribution in [0.3, 0.4) is 0 Å². The molecule has 0 unspecified atom stereocenters. The zero-order valence-corrected chi connectivity index (χ0v) is 10.3. The molecule has 0 fully saturated rings. The zero-order valence-electron chi connectivity index (χ0n) is 10.3. The van der Waals surface area contributed by atoms with Gasteiger partial charge in [-0.15, -0.1) is 0 Å². The summed E-state index contributed by atoms with van der Waals surface area (Å²) in [5.74, 6) is 0. The van der Waals surface area contributed by atoms with Crippen LogP contribution in [0.25, 0.3) is 0 Å². The molecule has 1 aromatic rings. The van der Waals surface area contributed by atoms with E-state index >= 15 is 0 Å². The average Bonchev–Trinajstić information content (AvgIpc) is 2.26. The van der Waals surface area contributed by atoms with Crippen LogP contribution in [0.5, 0.6) is 0 Å². The van der Waals surface area contributed by atoms with E-state index in [1.54, 1.807) is 0 Å². The van der Waals surface area contributed by atoms with Crippen molar-refractivity contribution in [2.45, 2.75) is 13.8 Å². The molecule has 0 amide bonds. The molecular weight excluding hydrogens is 184 g/mol.